The van der Waals surface area contributed by atoms with E-state index in [4.69, 9.17) is 5.26 Å². The number of nitriles is 1. The third-order valence-corrected chi connectivity index (χ3v) is 3.81. The fourth-order valence-electron chi connectivity index (χ4n) is 2.59. The highest BCUT2D eigenvalue weighted by Gasteiger charge is 2.25. The van der Waals surface area contributed by atoms with Gasteiger partial charge in [-0.2, -0.15) is 5.26 Å². The number of benzene rings is 1. The van der Waals surface area contributed by atoms with Crippen LogP contribution in [0.25, 0.3) is 0 Å². The lowest BCUT2D eigenvalue weighted by atomic mass is 10.1. The van der Waals surface area contributed by atoms with Crippen molar-refractivity contribution >= 4 is 0 Å². The largest absolute Gasteiger partial charge is 0.299 e. The van der Waals surface area contributed by atoms with Crippen molar-refractivity contribution < 1.29 is 0 Å². The Labute approximate surface area is 108 Å². The quantitative estimate of drug-likeness (QED) is 0.857. The Balaban J connectivity index is 1.48. The fraction of sp³-hybridized carbons (Fsp3) is 0.533. The normalized spacial score (nSPS) is 20.4. The van der Waals surface area contributed by atoms with Gasteiger partial charge in [-0.25, -0.2) is 0 Å². The first-order chi connectivity index (χ1) is 8.85. The van der Waals surface area contributed by atoms with Gasteiger partial charge in [0, 0.05) is 25.7 Å². The molecule has 1 saturated carbocycles. The number of nitrogens with zero attached hydrogens (tertiary/aromatic N) is 2. The van der Waals surface area contributed by atoms with E-state index in [1.54, 1.807) is 0 Å². The SMILES string of the molecule is N#CC(CCN1Cc2ccccc2C1)NC1CC1. The summed E-state index contributed by atoms with van der Waals surface area (Å²) in [5, 5.41) is 12.5. The van der Waals surface area contributed by atoms with Gasteiger partial charge >= 0.3 is 0 Å². The van der Waals surface area contributed by atoms with E-state index >= 15 is 0 Å². The van der Waals surface area contributed by atoms with Crippen LogP contribution in [0.3, 0.4) is 0 Å². The first-order valence-electron chi connectivity index (χ1n) is 6.80. The van der Waals surface area contributed by atoms with Crippen LogP contribution in [-0.4, -0.2) is 23.5 Å². The zero-order valence-electron chi connectivity index (χ0n) is 10.6. The van der Waals surface area contributed by atoms with E-state index in [2.05, 4.69) is 40.6 Å². The molecule has 2 aliphatic rings. The summed E-state index contributed by atoms with van der Waals surface area (Å²) < 4.78 is 0. The van der Waals surface area contributed by atoms with E-state index < -0.39 is 0 Å². The molecule has 1 heterocycles. The van der Waals surface area contributed by atoms with Crippen LogP contribution in [0.1, 0.15) is 30.4 Å². The molecule has 1 fully saturated rings. The highest BCUT2D eigenvalue weighted by Crippen LogP contribution is 2.23. The second-order valence-corrected chi connectivity index (χ2v) is 5.39. The standard InChI is InChI=1S/C15H19N3/c16-9-15(17-14-5-6-14)7-8-18-10-12-3-1-2-4-13(12)11-18/h1-4,14-15,17H,5-8,10-11H2. The Hall–Kier alpha value is -1.37. The van der Waals surface area contributed by atoms with E-state index in [1.165, 1.54) is 24.0 Å². The van der Waals surface area contributed by atoms with Crippen molar-refractivity contribution in [3.8, 4) is 6.07 Å². The molecule has 0 aromatic heterocycles. The molecule has 0 bridgehead atoms. The Morgan fingerprint density at radius 3 is 2.50 bits per heavy atom. The Morgan fingerprint density at radius 2 is 1.94 bits per heavy atom. The minimum atomic E-state index is 0.0289. The molecule has 1 unspecified atom stereocenters. The van der Waals surface area contributed by atoms with Gasteiger partial charge < -0.3 is 0 Å². The van der Waals surface area contributed by atoms with Crippen molar-refractivity contribution in [3.05, 3.63) is 35.4 Å². The Bertz CT molecular complexity index is 434. The zero-order chi connectivity index (χ0) is 12.4. The van der Waals surface area contributed by atoms with Gasteiger partial charge in [0.25, 0.3) is 0 Å². The molecular formula is C15H19N3. The summed E-state index contributed by atoms with van der Waals surface area (Å²) in [5.41, 5.74) is 2.89. The second kappa shape index (κ2) is 5.09. The molecule has 94 valence electrons. The lowest BCUT2D eigenvalue weighted by molar-refractivity contribution is 0.271. The number of hydrogen-bond acceptors (Lipinski definition) is 3. The molecule has 3 heteroatoms. The van der Waals surface area contributed by atoms with Gasteiger partial charge in [-0.15, -0.1) is 0 Å². The maximum atomic E-state index is 9.12. The highest BCUT2D eigenvalue weighted by atomic mass is 15.1. The van der Waals surface area contributed by atoms with E-state index in [0.717, 1.165) is 26.1 Å². The number of hydrogen-bond donors (Lipinski definition) is 1. The van der Waals surface area contributed by atoms with Crippen LogP contribution in [0.15, 0.2) is 24.3 Å². The van der Waals surface area contributed by atoms with E-state index in [-0.39, 0.29) is 6.04 Å². The predicted octanol–water partition coefficient (Wildman–Crippen LogP) is 2.04. The van der Waals surface area contributed by atoms with Crippen LogP contribution >= 0.6 is 0 Å². The van der Waals surface area contributed by atoms with Gasteiger partial charge in [0.15, 0.2) is 0 Å². The predicted molar refractivity (Wildman–Crippen MR) is 70.7 cm³/mol. The summed E-state index contributed by atoms with van der Waals surface area (Å²) in [6.07, 6.45) is 3.42. The van der Waals surface area contributed by atoms with Gasteiger partial charge in [0.05, 0.1) is 12.1 Å². The van der Waals surface area contributed by atoms with Crippen LogP contribution in [0.4, 0.5) is 0 Å². The smallest absolute Gasteiger partial charge is 0.0967 e. The van der Waals surface area contributed by atoms with Gasteiger partial charge in [-0.1, -0.05) is 24.3 Å². The third-order valence-electron chi connectivity index (χ3n) is 3.81. The van der Waals surface area contributed by atoms with E-state index in [1.807, 2.05) is 0 Å². The molecule has 1 aliphatic carbocycles. The molecule has 1 aromatic carbocycles. The maximum Gasteiger partial charge on any atom is 0.0967 e. The lowest BCUT2D eigenvalue weighted by Crippen LogP contribution is -2.33. The lowest BCUT2D eigenvalue weighted by Gasteiger charge is -2.17. The van der Waals surface area contributed by atoms with Crippen molar-refractivity contribution in [2.24, 2.45) is 0 Å². The van der Waals surface area contributed by atoms with Gasteiger partial charge in [0.1, 0.15) is 0 Å². The van der Waals surface area contributed by atoms with Crippen molar-refractivity contribution in [1.82, 2.24) is 10.2 Å². The van der Waals surface area contributed by atoms with Crippen LogP contribution in [-0.2, 0) is 13.1 Å². The molecule has 18 heavy (non-hydrogen) atoms. The summed E-state index contributed by atoms with van der Waals surface area (Å²) in [4.78, 5) is 2.43. The zero-order valence-corrected chi connectivity index (χ0v) is 10.6. The second-order valence-electron chi connectivity index (χ2n) is 5.39. The van der Waals surface area contributed by atoms with Crippen molar-refractivity contribution in [1.29, 1.82) is 5.26 Å². The summed E-state index contributed by atoms with van der Waals surface area (Å²) in [7, 11) is 0. The molecule has 1 aromatic rings. The van der Waals surface area contributed by atoms with Crippen LogP contribution < -0.4 is 5.32 Å². The molecule has 3 rings (SSSR count). The van der Waals surface area contributed by atoms with Crippen molar-refractivity contribution in [2.45, 2.75) is 44.4 Å². The minimum absolute atomic E-state index is 0.0289. The molecule has 0 saturated heterocycles. The molecule has 1 N–H and O–H groups in total. The molecule has 0 spiro atoms. The number of fused-ring (bicyclic) bond motifs is 1. The minimum Gasteiger partial charge on any atom is -0.299 e. The fourth-order valence-corrected chi connectivity index (χ4v) is 2.59. The maximum absolute atomic E-state index is 9.12. The summed E-state index contributed by atoms with van der Waals surface area (Å²) >= 11 is 0. The summed E-state index contributed by atoms with van der Waals surface area (Å²) in [5.74, 6) is 0. The van der Waals surface area contributed by atoms with Crippen molar-refractivity contribution in [2.75, 3.05) is 6.54 Å². The molecule has 0 radical (unpaired) electrons. The van der Waals surface area contributed by atoms with Gasteiger partial charge in [0.2, 0.25) is 0 Å². The molecule has 1 aliphatic heterocycles. The van der Waals surface area contributed by atoms with E-state index in [9.17, 15) is 0 Å². The highest BCUT2D eigenvalue weighted by molar-refractivity contribution is 5.30. The van der Waals surface area contributed by atoms with E-state index in [0.29, 0.717) is 6.04 Å². The molecule has 3 nitrogen and oxygen atoms in total. The summed E-state index contributed by atoms with van der Waals surface area (Å²) in [6.45, 7) is 3.09. The summed E-state index contributed by atoms with van der Waals surface area (Å²) in [6, 6.07) is 11.7. The third kappa shape index (κ3) is 2.72. The molecular weight excluding hydrogens is 222 g/mol. The average Bonchev–Trinajstić information content (AvgIpc) is 3.11. The van der Waals surface area contributed by atoms with Gasteiger partial charge in [-0.05, 0) is 30.4 Å². The topological polar surface area (TPSA) is 39.1 Å². The average molecular weight is 241 g/mol. The van der Waals surface area contributed by atoms with Gasteiger partial charge in [-0.3, -0.25) is 10.2 Å². The first kappa shape index (κ1) is 11.7. The van der Waals surface area contributed by atoms with Crippen LogP contribution in [0.5, 0.6) is 0 Å². The Kier molecular flexibility index (Phi) is 3.31. The van der Waals surface area contributed by atoms with Crippen molar-refractivity contribution in [3.63, 3.8) is 0 Å². The number of nitrogens with one attached hydrogen (secondary N) is 1. The molecule has 1 atom stereocenters. The molecule has 0 amide bonds. The first-order valence-corrected chi connectivity index (χ1v) is 6.80. The number of rotatable bonds is 5. The van der Waals surface area contributed by atoms with Crippen LogP contribution in [0.2, 0.25) is 0 Å². The Morgan fingerprint density at radius 1 is 1.28 bits per heavy atom. The monoisotopic (exact) mass is 241 g/mol. The van der Waals surface area contributed by atoms with Crippen LogP contribution in [0, 0.1) is 11.3 Å².